The molecule has 0 fully saturated rings. The Morgan fingerprint density at radius 3 is 2.45 bits per heavy atom. The first-order valence-corrected chi connectivity index (χ1v) is 6.20. The number of hydrogen-bond acceptors (Lipinski definition) is 4. The Balaban J connectivity index is 2.80. The molecule has 5 nitrogen and oxygen atoms in total. The van der Waals surface area contributed by atoms with Gasteiger partial charge in [0.2, 0.25) is 0 Å². The summed E-state index contributed by atoms with van der Waals surface area (Å²) >= 11 is 0. The lowest BCUT2D eigenvalue weighted by Gasteiger charge is -2.20. The van der Waals surface area contributed by atoms with Crippen molar-refractivity contribution in [3.63, 3.8) is 0 Å². The smallest absolute Gasteiger partial charge is 0.328 e. The molecule has 0 aliphatic rings. The van der Waals surface area contributed by atoms with E-state index in [0.717, 1.165) is 5.56 Å². The monoisotopic (exact) mass is 277 g/mol. The summed E-state index contributed by atoms with van der Waals surface area (Å²) in [6, 6.07) is 8.30. The number of esters is 1. The van der Waals surface area contributed by atoms with Crippen molar-refractivity contribution >= 4 is 11.9 Å². The molecule has 1 N–H and O–H groups in total. The molecule has 0 aliphatic heterocycles. The van der Waals surface area contributed by atoms with Crippen LogP contribution in [-0.4, -0.2) is 32.1 Å². The predicted octanol–water partition coefficient (Wildman–Crippen LogP) is 1.61. The van der Waals surface area contributed by atoms with E-state index >= 15 is 0 Å². The van der Waals surface area contributed by atoms with Gasteiger partial charge in [-0.15, -0.1) is 6.58 Å². The summed E-state index contributed by atoms with van der Waals surface area (Å²) in [6.45, 7) is 3.56. The van der Waals surface area contributed by atoms with Crippen LogP contribution < -0.4 is 5.32 Å². The maximum atomic E-state index is 12.2. The van der Waals surface area contributed by atoms with E-state index in [9.17, 15) is 9.59 Å². The van der Waals surface area contributed by atoms with Gasteiger partial charge in [0.15, 0.2) is 6.10 Å². The molecule has 1 aromatic carbocycles. The fourth-order valence-electron chi connectivity index (χ4n) is 1.79. The van der Waals surface area contributed by atoms with Gasteiger partial charge >= 0.3 is 5.97 Å². The molecule has 1 amide bonds. The number of hydrogen-bond donors (Lipinski definition) is 1. The van der Waals surface area contributed by atoms with Gasteiger partial charge in [-0.05, 0) is 12.0 Å². The number of ether oxygens (including phenoxy) is 2. The van der Waals surface area contributed by atoms with Crippen molar-refractivity contribution in [2.45, 2.75) is 18.6 Å². The lowest BCUT2D eigenvalue weighted by Crippen LogP contribution is -2.43. The molecule has 0 unspecified atom stereocenters. The minimum absolute atomic E-state index is 0.295. The number of carbonyl (C=O) groups excluding carboxylic acids is 2. The summed E-state index contributed by atoms with van der Waals surface area (Å²) in [6.07, 6.45) is 1.07. The second-order valence-electron chi connectivity index (χ2n) is 4.14. The van der Waals surface area contributed by atoms with Gasteiger partial charge in [-0.25, -0.2) is 4.79 Å². The molecule has 0 aliphatic carbocycles. The van der Waals surface area contributed by atoms with Crippen LogP contribution in [0.5, 0.6) is 0 Å². The van der Waals surface area contributed by atoms with Gasteiger partial charge in [0.25, 0.3) is 5.91 Å². The first-order valence-electron chi connectivity index (χ1n) is 6.20. The number of benzene rings is 1. The minimum atomic E-state index is -0.770. The van der Waals surface area contributed by atoms with E-state index < -0.39 is 24.0 Å². The Hall–Kier alpha value is -2.14. The fraction of sp³-hybridized carbons (Fsp3) is 0.333. The average Bonchev–Trinajstić information content (AvgIpc) is 2.48. The van der Waals surface area contributed by atoms with E-state index in [1.165, 1.54) is 14.2 Å². The zero-order valence-electron chi connectivity index (χ0n) is 11.7. The second kappa shape index (κ2) is 8.12. The number of nitrogens with one attached hydrogen (secondary N) is 1. The molecule has 0 saturated heterocycles. The van der Waals surface area contributed by atoms with Gasteiger partial charge in [-0.3, -0.25) is 4.79 Å². The molecule has 2 atom stereocenters. The second-order valence-corrected chi connectivity index (χ2v) is 4.14. The molecule has 0 bridgehead atoms. The standard InChI is InChI=1S/C15H19NO4/c1-4-8-12(15(18)20-3)16-14(17)13(19-2)11-9-6-5-7-10-11/h4-7,9-10,12-13H,1,8H2,2-3H3,(H,16,17)/t12-,13-/m0/s1. The molecule has 1 aromatic rings. The molecule has 0 spiro atoms. The average molecular weight is 277 g/mol. The number of rotatable bonds is 7. The van der Waals surface area contributed by atoms with Crippen LogP contribution in [0.15, 0.2) is 43.0 Å². The minimum Gasteiger partial charge on any atom is -0.467 e. The van der Waals surface area contributed by atoms with Crippen LogP contribution in [0.1, 0.15) is 18.1 Å². The Labute approximate surface area is 118 Å². The molecule has 20 heavy (non-hydrogen) atoms. The fourth-order valence-corrected chi connectivity index (χ4v) is 1.79. The van der Waals surface area contributed by atoms with Crippen LogP contribution in [0.3, 0.4) is 0 Å². The summed E-state index contributed by atoms with van der Waals surface area (Å²) in [5, 5.41) is 2.61. The van der Waals surface area contributed by atoms with Gasteiger partial charge in [0, 0.05) is 7.11 Å². The van der Waals surface area contributed by atoms with E-state index in [4.69, 9.17) is 4.74 Å². The van der Waals surface area contributed by atoms with Gasteiger partial charge in [-0.1, -0.05) is 36.4 Å². The highest BCUT2D eigenvalue weighted by Crippen LogP contribution is 2.16. The maximum absolute atomic E-state index is 12.2. The first kappa shape index (κ1) is 15.9. The zero-order valence-corrected chi connectivity index (χ0v) is 11.7. The number of amides is 1. The summed E-state index contributed by atoms with van der Waals surface area (Å²) in [5.74, 6) is -0.905. The molecule has 0 radical (unpaired) electrons. The third-order valence-electron chi connectivity index (χ3n) is 2.78. The third kappa shape index (κ3) is 4.20. The van der Waals surface area contributed by atoms with Crippen molar-refractivity contribution in [3.8, 4) is 0 Å². The highest BCUT2D eigenvalue weighted by Gasteiger charge is 2.26. The van der Waals surface area contributed by atoms with Crippen LogP contribution in [0.4, 0.5) is 0 Å². The molecule has 0 aromatic heterocycles. The Kier molecular flexibility index (Phi) is 6.46. The normalized spacial score (nSPS) is 13.1. The van der Waals surface area contributed by atoms with Gasteiger partial charge in [0.05, 0.1) is 7.11 Å². The van der Waals surface area contributed by atoms with E-state index in [-0.39, 0.29) is 0 Å². The zero-order chi connectivity index (χ0) is 15.0. The maximum Gasteiger partial charge on any atom is 0.328 e. The molecular formula is C15H19NO4. The van der Waals surface area contributed by atoms with E-state index in [2.05, 4.69) is 16.6 Å². The summed E-state index contributed by atoms with van der Waals surface area (Å²) in [5.41, 5.74) is 0.717. The molecule has 0 heterocycles. The molecule has 5 heteroatoms. The van der Waals surface area contributed by atoms with Gasteiger partial charge in [-0.2, -0.15) is 0 Å². The van der Waals surface area contributed by atoms with Crippen LogP contribution in [0, 0.1) is 0 Å². The van der Waals surface area contributed by atoms with Crippen molar-refractivity contribution in [3.05, 3.63) is 48.6 Å². The third-order valence-corrected chi connectivity index (χ3v) is 2.78. The highest BCUT2D eigenvalue weighted by molar-refractivity contribution is 5.87. The number of carbonyl (C=O) groups is 2. The molecular weight excluding hydrogens is 258 g/mol. The summed E-state index contributed by atoms with van der Waals surface area (Å²) in [7, 11) is 2.72. The first-order chi connectivity index (χ1) is 9.63. The summed E-state index contributed by atoms with van der Waals surface area (Å²) < 4.78 is 9.84. The largest absolute Gasteiger partial charge is 0.467 e. The lowest BCUT2D eigenvalue weighted by atomic mass is 10.1. The van der Waals surface area contributed by atoms with Crippen LogP contribution in [0.25, 0.3) is 0 Å². The Morgan fingerprint density at radius 2 is 1.95 bits per heavy atom. The SMILES string of the molecule is C=CC[C@H](NC(=O)[C@@H](OC)c1ccccc1)C(=O)OC. The number of methoxy groups -OCH3 is 2. The van der Waals surface area contributed by atoms with Crippen molar-refractivity contribution in [2.24, 2.45) is 0 Å². The van der Waals surface area contributed by atoms with Crippen LogP contribution in [0.2, 0.25) is 0 Å². The van der Waals surface area contributed by atoms with Crippen molar-refractivity contribution in [2.75, 3.05) is 14.2 Å². The van der Waals surface area contributed by atoms with E-state index in [1.54, 1.807) is 18.2 Å². The van der Waals surface area contributed by atoms with Crippen molar-refractivity contribution in [1.29, 1.82) is 0 Å². The summed E-state index contributed by atoms with van der Waals surface area (Å²) in [4.78, 5) is 23.8. The molecule has 0 saturated carbocycles. The quantitative estimate of drug-likeness (QED) is 0.607. The molecule has 1 rings (SSSR count). The van der Waals surface area contributed by atoms with Gasteiger partial charge in [0.1, 0.15) is 6.04 Å². The molecule has 108 valence electrons. The van der Waals surface area contributed by atoms with Crippen LogP contribution >= 0.6 is 0 Å². The Bertz CT molecular complexity index is 458. The van der Waals surface area contributed by atoms with Crippen LogP contribution in [-0.2, 0) is 19.1 Å². The van der Waals surface area contributed by atoms with E-state index in [1.807, 2.05) is 18.2 Å². The van der Waals surface area contributed by atoms with Crippen molar-refractivity contribution < 1.29 is 19.1 Å². The van der Waals surface area contributed by atoms with Crippen molar-refractivity contribution in [1.82, 2.24) is 5.32 Å². The lowest BCUT2D eigenvalue weighted by molar-refractivity contribution is -0.146. The van der Waals surface area contributed by atoms with E-state index in [0.29, 0.717) is 6.42 Å². The predicted molar refractivity (Wildman–Crippen MR) is 75.0 cm³/mol. The van der Waals surface area contributed by atoms with Gasteiger partial charge < -0.3 is 14.8 Å². The topological polar surface area (TPSA) is 64.6 Å². The Morgan fingerprint density at radius 1 is 1.30 bits per heavy atom. The highest BCUT2D eigenvalue weighted by atomic mass is 16.5.